The maximum absolute atomic E-state index is 14.3. The zero-order chi connectivity index (χ0) is 30.5. The van der Waals surface area contributed by atoms with E-state index >= 15 is 0 Å². The predicted octanol–water partition coefficient (Wildman–Crippen LogP) is 4.24. The molecule has 2 aliphatic rings. The van der Waals surface area contributed by atoms with Crippen LogP contribution in [-0.2, 0) is 23.9 Å². The van der Waals surface area contributed by atoms with Crippen LogP contribution >= 0.6 is 0 Å². The highest BCUT2D eigenvalue weighted by Crippen LogP contribution is 2.43. The first-order chi connectivity index (χ1) is 20.4. The molecule has 1 saturated heterocycles. The second-order valence-electron chi connectivity index (χ2n) is 11.3. The number of nitrogen functional groups attached to an aromatic ring is 2. The summed E-state index contributed by atoms with van der Waals surface area (Å²) in [6.07, 6.45) is -1.72. The summed E-state index contributed by atoms with van der Waals surface area (Å²) in [5, 5.41) is 0.607. The number of benzene rings is 1. The normalized spacial score (nSPS) is 16.2. The molecule has 3 aromatic heterocycles. The Morgan fingerprint density at radius 2 is 1.88 bits per heavy atom. The molecule has 1 fully saturated rings. The first-order valence-electron chi connectivity index (χ1n) is 14.0. The Balaban J connectivity index is 1.52. The molecule has 0 unspecified atom stereocenters. The molecule has 4 N–H and O–H groups in total. The Morgan fingerprint density at radius 3 is 2.56 bits per heavy atom. The Kier molecular flexibility index (Phi) is 7.25. The van der Waals surface area contributed by atoms with Gasteiger partial charge >= 0.3 is 6.18 Å². The maximum atomic E-state index is 14.3. The molecule has 0 saturated carbocycles. The van der Waals surface area contributed by atoms with Crippen molar-refractivity contribution in [3.63, 3.8) is 0 Å². The van der Waals surface area contributed by atoms with Crippen LogP contribution in [0.4, 0.5) is 30.6 Å². The maximum Gasteiger partial charge on any atom is 0.418 e. The number of rotatable bonds is 7. The number of ether oxygens (including phenoxy) is 2. The summed E-state index contributed by atoms with van der Waals surface area (Å²) < 4.78 is 54.5. The van der Waals surface area contributed by atoms with Gasteiger partial charge in [0.15, 0.2) is 0 Å². The topological polar surface area (TPSA) is 129 Å². The van der Waals surface area contributed by atoms with Crippen LogP contribution in [-0.4, -0.2) is 70.8 Å². The number of halogens is 3. The van der Waals surface area contributed by atoms with Gasteiger partial charge in [0.1, 0.15) is 35.6 Å². The van der Waals surface area contributed by atoms with Crippen LogP contribution in [0.5, 0.6) is 5.75 Å². The fraction of sp³-hybridized carbons (Fsp3) is 0.400. The average molecular weight is 595 g/mol. The Bertz CT molecular complexity index is 1690. The first kappa shape index (κ1) is 28.9. The number of hydrogen-bond acceptors (Lipinski definition) is 10. The van der Waals surface area contributed by atoms with Crippen LogP contribution < -0.4 is 21.1 Å². The lowest BCUT2D eigenvalue weighted by Crippen LogP contribution is -2.59. The van der Waals surface area contributed by atoms with Gasteiger partial charge in [-0.2, -0.15) is 13.2 Å². The zero-order valence-corrected chi connectivity index (χ0v) is 24.2. The molecule has 0 amide bonds. The van der Waals surface area contributed by atoms with E-state index < -0.39 is 11.7 Å². The van der Waals surface area contributed by atoms with Gasteiger partial charge in [-0.25, -0.2) is 19.9 Å². The molecule has 0 atom stereocenters. The van der Waals surface area contributed by atoms with Crippen molar-refractivity contribution in [1.82, 2.24) is 24.8 Å². The Labute approximate surface area is 246 Å². The van der Waals surface area contributed by atoms with Crippen LogP contribution in [0.3, 0.4) is 0 Å². The van der Waals surface area contributed by atoms with Gasteiger partial charge in [-0.1, -0.05) is 6.07 Å². The fourth-order valence-electron chi connectivity index (χ4n) is 5.74. The predicted molar refractivity (Wildman–Crippen MR) is 158 cm³/mol. The highest BCUT2D eigenvalue weighted by Gasteiger charge is 2.41. The molecule has 1 aromatic carbocycles. The molecular weight excluding hydrogens is 561 g/mol. The molecule has 4 aromatic rings. The van der Waals surface area contributed by atoms with Crippen molar-refractivity contribution >= 4 is 28.4 Å². The van der Waals surface area contributed by atoms with Gasteiger partial charge in [0.2, 0.25) is 0 Å². The smallest absolute Gasteiger partial charge is 0.418 e. The molecule has 13 heteroatoms. The van der Waals surface area contributed by atoms with Crippen LogP contribution in [0.2, 0.25) is 0 Å². The van der Waals surface area contributed by atoms with E-state index in [1.807, 2.05) is 26.2 Å². The minimum absolute atomic E-state index is 0.00613. The van der Waals surface area contributed by atoms with Gasteiger partial charge in [-0.15, -0.1) is 0 Å². The van der Waals surface area contributed by atoms with Crippen LogP contribution in [0.1, 0.15) is 28.9 Å². The lowest BCUT2D eigenvalue weighted by atomic mass is 9.90. The van der Waals surface area contributed by atoms with Crippen molar-refractivity contribution in [2.75, 3.05) is 56.8 Å². The molecule has 6 rings (SSSR count). The van der Waals surface area contributed by atoms with Crippen LogP contribution in [0, 0.1) is 6.92 Å². The Morgan fingerprint density at radius 1 is 1.09 bits per heavy atom. The highest BCUT2D eigenvalue weighted by molar-refractivity contribution is 5.98. The van der Waals surface area contributed by atoms with E-state index in [0.717, 1.165) is 12.0 Å². The number of hydrogen-bond donors (Lipinski definition) is 2. The van der Waals surface area contributed by atoms with E-state index in [-0.39, 0.29) is 34.8 Å². The first-order valence-corrected chi connectivity index (χ1v) is 14.0. The van der Waals surface area contributed by atoms with Crippen molar-refractivity contribution in [2.45, 2.75) is 38.0 Å². The molecule has 10 nitrogen and oxygen atoms in total. The summed E-state index contributed by atoms with van der Waals surface area (Å²) in [5.41, 5.74) is 12.3. The molecule has 5 heterocycles. The van der Waals surface area contributed by atoms with E-state index in [9.17, 15) is 13.2 Å². The monoisotopic (exact) mass is 594 g/mol. The number of anilines is 3. The van der Waals surface area contributed by atoms with Gasteiger partial charge in [0.05, 0.1) is 47.5 Å². The third-order valence-corrected chi connectivity index (χ3v) is 8.29. The summed E-state index contributed by atoms with van der Waals surface area (Å²) in [5.74, 6) is 1.97. The van der Waals surface area contributed by atoms with E-state index in [0.29, 0.717) is 66.8 Å². The SMILES string of the molecule is Cc1cc(N)nc(-c2cc3c4c(nc(CCC5(N(C)C)COC5)nc4c2)N(Cc2cccnc2N)CCO3)c1C(F)(F)F. The second-order valence-corrected chi connectivity index (χ2v) is 11.3. The molecule has 0 aliphatic carbocycles. The lowest BCUT2D eigenvalue weighted by Gasteiger charge is -2.46. The minimum atomic E-state index is -4.64. The van der Waals surface area contributed by atoms with E-state index in [1.54, 1.807) is 18.3 Å². The minimum Gasteiger partial charge on any atom is -0.491 e. The highest BCUT2D eigenvalue weighted by atomic mass is 19.4. The third kappa shape index (κ3) is 5.38. The number of aromatic nitrogens is 4. The quantitative estimate of drug-likeness (QED) is 0.321. The number of aryl methyl sites for hydroxylation is 2. The molecule has 0 radical (unpaired) electrons. The van der Waals surface area contributed by atoms with Crippen LogP contribution in [0.25, 0.3) is 22.2 Å². The van der Waals surface area contributed by atoms with Gasteiger partial charge in [-0.3, -0.25) is 4.90 Å². The zero-order valence-electron chi connectivity index (χ0n) is 24.2. The number of likely N-dealkylation sites (N-methyl/N-ethyl adjacent to an activating group) is 1. The summed E-state index contributed by atoms with van der Waals surface area (Å²) in [6.45, 7) is 3.73. The second kappa shape index (κ2) is 10.8. The van der Waals surface area contributed by atoms with E-state index in [2.05, 4.69) is 19.8 Å². The van der Waals surface area contributed by atoms with Crippen LogP contribution in [0.15, 0.2) is 36.5 Å². The van der Waals surface area contributed by atoms with E-state index in [1.165, 1.54) is 13.0 Å². The summed E-state index contributed by atoms with van der Waals surface area (Å²) in [6, 6.07) is 8.14. The molecule has 43 heavy (non-hydrogen) atoms. The van der Waals surface area contributed by atoms with Crippen molar-refractivity contribution in [1.29, 1.82) is 0 Å². The largest absolute Gasteiger partial charge is 0.491 e. The Hall–Kier alpha value is -4.23. The number of alkyl halides is 3. The summed E-state index contributed by atoms with van der Waals surface area (Å²) in [4.78, 5) is 22.4. The lowest BCUT2D eigenvalue weighted by molar-refractivity contribution is -0.137. The summed E-state index contributed by atoms with van der Waals surface area (Å²) >= 11 is 0. The van der Waals surface area contributed by atoms with Crippen molar-refractivity contribution in [3.8, 4) is 17.0 Å². The fourth-order valence-corrected chi connectivity index (χ4v) is 5.74. The van der Waals surface area contributed by atoms with Crippen molar-refractivity contribution in [2.24, 2.45) is 0 Å². The molecule has 2 aliphatic heterocycles. The molecule has 0 bridgehead atoms. The number of nitrogens with two attached hydrogens (primary N) is 2. The standard InChI is InChI=1S/C30H33F3N8O2/c1-17-11-22(34)38-26(25(17)30(31,32)33)19-12-20-24-21(13-19)43-10-9-41(14-18-5-4-8-36-27(18)35)28(24)39-23(37-20)6-7-29(40(2)3)15-42-16-29/h4-5,8,11-13H,6-7,9-10,14-16H2,1-3H3,(H2,34,38)(H2,35,36). The van der Waals surface area contributed by atoms with Crippen molar-refractivity contribution in [3.05, 3.63) is 59.0 Å². The van der Waals surface area contributed by atoms with Gasteiger partial charge < -0.3 is 25.8 Å². The number of nitrogens with zero attached hydrogens (tertiary/aromatic N) is 6. The number of pyridine rings is 2. The van der Waals surface area contributed by atoms with Crippen molar-refractivity contribution < 1.29 is 22.6 Å². The van der Waals surface area contributed by atoms with Gasteiger partial charge in [-0.05, 0) is 57.3 Å². The molecule has 226 valence electrons. The third-order valence-electron chi connectivity index (χ3n) is 8.29. The summed E-state index contributed by atoms with van der Waals surface area (Å²) in [7, 11) is 4.04. The molecule has 0 spiro atoms. The van der Waals surface area contributed by atoms with Gasteiger partial charge in [0, 0.05) is 30.3 Å². The van der Waals surface area contributed by atoms with Gasteiger partial charge in [0.25, 0.3) is 0 Å². The molecular formula is C30H33F3N8O2. The van der Waals surface area contributed by atoms with E-state index in [4.69, 9.17) is 30.9 Å². The average Bonchev–Trinajstić information content (AvgIpc) is 3.07.